The summed E-state index contributed by atoms with van der Waals surface area (Å²) in [7, 11) is -10.9. The van der Waals surface area contributed by atoms with Gasteiger partial charge in [0.1, 0.15) is 24.1 Å². The number of hydrogen-bond donors (Lipinski definition) is 8. The number of hydrogen-bond acceptors (Lipinski definition) is 12. The van der Waals surface area contributed by atoms with Crippen molar-refractivity contribution in [1.29, 1.82) is 0 Å². The van der Waals surface area contributed by atoms with Gasteiger partial charge in [0.2, 0.25) is 5.79 Å². The molecule has 0 amide bonds. The van der Waals surface area contributed by atoms with E-state index in [1.54, 1.807) is 0 Å². The van der Waals surface area contributed by atoms with Crippen LogP contribution >= 0.6 is 15.6 Å². The molecule has 1 fully saturated rings. The molecular weight excluding hydrogens is 628 g/mol. The Morgan fingerprint density at radius 3 is 1.80 bits per heavy atom. The number of unbranched alkanes of at least 4 members (excludes halogenated alkanes) is 13. The maximum absolute atomic E-state index is 12.3. The number of aliphatic hydroxyl groups excluding tert-OH is 3. The molecule has 0 saturated carbocycles. The fourth-order valence-corrected chi connectivity index (χ4v) is 5.99. The Morgan fingerprint density at radius 1 is 0.841 bits per heavy atom. The van der Waals surface area contributed by atoms with Gasteiger partial charge in [0.05, 0.1) is 0 Å². The highest BCUT2D eigenvalue weighted by Gasteiger charge is 2.59. The van der Waals surface area contributed by atoms with Gasteiger partial charge in [-0.1, -0.05) is 77.0 Å². The molecule has 0 bridgehead atoms. The molecule has 1 aliphatic rings. The Balaban J connectivity index is 2.00. The second-order valence-electron chi connectivity index (χ2n) is 10.9. The minimum atomic E-state index is -5.50. The molecule has 44 heavy (non-hydrogen) atoms. The number of nitrogen functional groups attached to an aromatic ring is 1. The lowest BCUT2D eigenvalue weighted by Gasteiger charge is -2.37. The van der Waals surface area contributed by atoms with Gasteiger partial charge in [0, 0.05) is 19.2 Å². The average Bonchev–Trinajstić information content (AvgIpc) is 3.22. The van der Waals surface area contributed by atoms with Gasteiger partial charge in [-0.15, -0.1) is 4.67 Å². The van der Waals surface area contributed by atoms with Crippen LogP contribution in [0.15, 0.2) is 17.1 Å². The lowest BCUT2D eigenvalue weighted by atomic mass is 9.96. The lowest BCUT2D eigenvalue weighted by Crippen LogP contribution is -2.52. The van der Waals surface area contributed by atoms with Crippen molar-refractivity contribution in [2.45, 2.75) is 127 Å². The van der Waals surface area contributed by atoms with Crippen LogP contribution in [0.25, 0.3) is 0 Å². The molecule has 1 aromatic rings. The van der Waals surface area contributed by atoms with Crippen molar-refractivity contribution in [1.82, 2.24) is 9.55 Å². The normalized spacial score (nSPS) is 22.3. The maximum atomic E-state index is 12.3. The zero-order valence-corrected chi connectivity index (χ0v) is 26.4. The van der Waals surface area contributed by atoms with E-state index in [1.165, 1.54) is 25.3 Å². The van der Waals surface area contributed by atoms with Crippen LogP contribution in [0.5, 0.6) is 0 Å². The first kappa shape index (κ1) is 38.9. The molecule has 1 aliphatic heterocycles. The third-order valence-corrected chi connectivity index (χ3v) is 8.10. The zero-order valence-electron chi connectivity index (χ0n) is 24.6. The third-order valence-electron chi connectivity index (χ3n) is 7.28. The SMILES string of the molecule is Nc1ccn([C@@H]2O[C@H](C(CCCCCCCCCCCCCCCCO)(OOP(=O)(O)O)OP(=O)(O)O)[C@@H](O)[C@H]2O)c(=O)n1. The van der Waals surface area contributed by atoms with E-state index in [0.29, 0.717) is 12.8 Å². The van der Waals surface area contributed by atoms with Crippen molar-refractivity contribution in [3.8, 4) is 0 Å². The van der Waals surface area contributed by atoms with Gasteiger partial charge in [0.15, 0.2) is 6.23 Å². The van der Waals surface area contributed by atoms with Crippen LogP contribution in [0.4, 0.5) is 5.82 Å². The van der Waals surface area contributed by atoms with Crippen LogP contribution in [-0.4, -0.2) is 75.2 Å². The Labute approximate surface area is 255 Å². The second kappa shape index (κ2) is 18.7. The second-order valence-corrected chi connectivity index (χ2v) is 13.2. The molecule has 1 aromatic heterocycles. The predicted molar refractivity (Wildman–Crippen MR) is 155 cm³/mol. The first-order valence-electron chi connectivity index (χ1n) is 14.9. The standard InChI is InChI=1S/C25H47N3O14P2/c26-19-15-17-28(24(32)27-19)23-21(31)20(30)22(39-23)25(41-43(33,34)35,40-42-44(36,37)38)16-13-11-9-7-5-3-1-2-4-6-8-10-12-14-18-29/h15,17,20-23,29-31H,1-14,16,18H2,(H2,26,27,32)(H2,33,34,35)(H2,36,37,38)/t20-,21+,22-,23+,25?/m0/s1. The summed E-state index contributed by atoms with van der Waals surface area (Å²) in [5.74, 6) is -2.97. The van der Waals surface area contributed by atoms with Crippen molar-refractivity contribution in [2.75, 3.05) is 12.3 Å². The summed E-state index contributed by atoms with van der Waals surface area (Å²) >= 11 is 0. The molecule has 0 spiro atoms. The molecule has 0 aromatic carbocycles. The molecule has 19 heteroatoms. The van der Waals surface area contributed by atoms with Crippen LogP contribution < -0.4 is 11.4 Å². The fourth-order valence-electron chi connectivity index (χ4n) is 5.13. The largest absolute Gasteiger partial charge is 0.497 e. The third kappa shape index (κ3) is 13.6. The van der Waals surface area contributed by atoms with Gasteiger partial charge in [-0.3, -0.25) is 4.57 Å². The molecule has 2 rings (SSSR count). The minimum Gasteiger partial charge on any atom is -0.396 e. The summed E-state index contributed by atoms with van der Waals surface area (Å²) in [6.07, 6.45) is 6.07. The number of aromatic nitrogens is 2. The Morgan fingerprint density at radius 2 is 1.34 bits per heavy atom. The zero-order chi connectivity index (χ0) is 32.8. The molecule has 0 aliphatic carbocycles. The number of phosphoric ester groups is 1. The van der Waals surface area contributed by atoms with Crippen LogP contribution in [-0.2, 0) is 28.0 Å². The van der Waals surface area contributed by atoms with Gasteiger partial charge in [0.25, 0.3) is 0 Å². The molecule has 2 heterocycles. The van der Waals surface area contributed by atoms with Gasteiger partial charge in [-0.25, -0.2) is 18.4 Å². The summed E-state index contributed by atoms with van der Waals surface area (Å²) in [6, 6.07) is 1.20. The lowest BCUT2D eigenvalue weighted by molar-refractivity contribution is -0.400. The molecule has 5 atom stereocenters. The van der Waals surface area contributed by atoms with Crippen LogP contribution in [0, 0.1) is 0 Å². The van der Waals surface area contributed by atoms with Crippen molar-refractivity contribution >= 4 is 21.5 Å². The first-order chi connectivity index (χ1) is 20.7. The minimum absolute atomic E-state index is 0.123. The van der Waals surface area contributed by atoms with Crippen LogP contribution in [0.3, 0.4) is 0 Å². The van der Waals surface area contributed by atoms with Crippen molar-refractivity contribution in [3.05, 3.63) is 22.7 Å². The Bertz CT molecular complexity index is 1130. The number of aliphatic hydroxyl groups is 3. The molecule has 256 valence electrons. The van der Waals surface area contributed by atoms with Gasteiger partial charge < -0.3 is 45.4 Å². The highest BCUT2D eigenvalue weighted by atomic mass is 31.2. The van der Waals surface area contributed by atoms with E-state index in [0.717, 1.165) is 62.1 Å². The van der Waals surface area contributed by atoms with E-state index in [9.17, 15) is 43.7 Å². The van der Waals surface area contributed by atoms with Crippen molar-refractivity contribution in [3.63, 3.8) is 0 Å². The smallest absolute Gasteiger partial charge is 0.396 e. The molecular formula is C25H47N3O14P2. The van der Waals surface area contributed by atoms with E-state index < -0.39 is 58.1 Å². The van der Waals surface area contributed by atoms with Crippen molar-refractivity contribution < 1.29 is 62.8 Å². The number of anilines is 1. The summed E-state index contributed by atoms with van der Waals surface area (Å²) in [4.78, 5) is 58.4. The molecule has 9 N–H and O–H groups in total. The van der Waals surface area contributed by atoms with E-state index in [-0.39, 0.29) is 18.8 Å². The predicted octanol–water partition coefficient (Wildman–Crippen LogP) is 2.14. The van der Waals surface area contributed by atoms with Crippen LogP contribution in [0.2, 0.25) is 0 Å². The topological polar surface area (TPSA) is 274 Å². The molecule has 1 unspecified atom stereocenters. The van der Waals surface area contributed by atoms with Gasteiger partial charge in [-0.2, -0.15) is 9.87 Å². The summed E-state index contributed by atoms with van der Waals surface area (Å²) in [5, 5.41) is 30.3. The summed E-state index contributed by atoms with van der Waals surface area (Å²) in [6.45, 7) is 0.246. The molecule has 17 nitrogen and oxygen atoms in total. The monoisotopic (exact) mass is 675 g/mol. The Hall–Kier alpha value is -1.30. The average molecular weight is 676 g/mol. The number of ether oxygens (including phenoxy) is 1. The number of nitrogens with two attached hydrogens (primary N) is 1. The number of phosphoric acid groups is 2. The van der Waals surface area contributed by atoms with E-state index in [4.69, 9.17) is 25.0 Å². The quantitative estimate of drug-likeness (QED) is 0.0271. The van der Waals surface area contributed by atoms with Gasteiger partial charge in [-0.05, 0) is 18.9 Å². The summed E-state index contributed by atoms with van der Waals surface area (Å²) in [5.41, 5.74) is 4.50. The van der Waals surface area contributed by atoms with E-state index in [1.807, 2.05) is 0 Å². The molecule has 0 radical (unpaired) electrons. The Kier molecular flexibility index (Phi) is 16.6. The fraction of sp³-hybridized carbons (Fsp3) is 0.840. The highest BCUT2D eigenvalue weighted by molar-refractivity contribution is 7.46. The van der Waals surface area contributed by atoms with Crippen LogP contribution in [0.1, 0.15) is 103 Å². The van der Waals surface area contributed by atoms with Gasteiger partial charge >= 0.3 is 21.3 Å². The first-order valence-corrected chi connectivity index (χ1v) is 17.9. The number of rotatable bonds is 23. The highest BCUT2D eigenvalue weighted by Crippen LogP contribution is 2.51. The molecule has 1 saturated heterocycles. The maximum Gasteiger partial charge on any atom is 0.497 e. The van der Waals surface area contributed by atoms with Crippen molar-refractivity contribution in [2.24, 2.45) is 0 Å². The summed E-state index contributed by atoms with van der Waals surface area (Å²) < 4.78 is 38.7. The van der Waals surface area contributed by atoms with E-state index >= 15 is 0 Å². The number of nitrogens with zero attached hydrogens (tertiary/aromatic N) is 2. The van der Waals surface area contributed by atoms with E-state index in [2.05, 4.69) is 9.66 Å².